The molecule has 0 saturated heterocycles. The highest BCUT2D eigenvalue weighted by Gasteiger charge is 1.94. The summed E-state index contributed by atoms with van der Waals surface area (Å²) in [7, 11) is 0. The first kappa shape index (κ1) is 4.75. The summed E-state index contributed by atoms with van der Waals surface area (Å²) in [5, 5.41) is 10.7. The van der Waals surface area contributed by atoms with Crippen molar-refractivity contribution < 1.29 is 0 Å². The van der Waals surface area contributed by atoms with Gasteiger partial charge in [-0.2, -0.15) is 0 Å². The maximum Gasteiger partial charge on any atom is 0.170 e. The number of thiazole rings is 1. The van der Waals surface area contributed by atoms with Crippen LogP contribution < -0.4 is 0 Å². The minimum absolute atomic E-state index is 0.759. The molecule has 0 aromatic carbocycles. The van der Waals surface area contributed by atoms with Crippen LogP contribution >= 0.6 is 11.3 Å². The molecule has 1 radical (unpaired) electrons. The zero-order valence-corrected chi connectivity index (χ0v) is 5.09. The van der Waals surface area contributed by atoms with Crippen LogP contribution in [-0.2, 0) is 0 Å². The Kier molecular flexibility index (Phi) is 0.895. The number of fused-ring (bicyclic) bond motifs is 1. The van der Waals surface area contributed by atoms with E-state index in [2.05, 4.69) is 25.9 Å². The highest BCUT2D eigenvalue weighted by atomic mass is 32.1. The smallest absolute Gasteiger partial charge is 0.170 e. The molecule has 2 heterocycles. The Labute approximate surface area is 54.6 Å². The van der Waals surface area contributed by atoms with Gasteiger partial charge in [0.2, 0.25) is 0 Å². The van der Waals surface area contributed by atoms with Gasteiger partial charge in [-0.1, -0.05) is 11.3 Å². The predicted molar refractivity (Wildman–Crippen MR) is 31.8 cm³/mol. The second kappa shape index (κ2) is 1.70. The lowest BCUT2D eigenvalue weighted by molar-refractivity contribution is 0.897. The summed E-state index contributed by atoms with van der Waals surface area (Å²) in [4.78, 5) is 4.63. The Morgan fingerprint density at radius 3 is 3.44 bits per heavy atom. The number of rotatable bonds is 0. The van der Waals surface area contributed by atoms with Crippen LogP contribution in [0.15, 0.2) is 6.20 Å². The second-order valence-electron chi connectivity index (χ2n) is 1.43. The summed E-state index contributed by atoms with van der Waals surface area (Å²) >= 11 is 1.34. The average Bonchev–Trinajstić information content (AvgIpc) is 2.33. The van der Waals surface area contributed by atoms with E-state index in [1.807, 2.05) is 0 Å². The number of hydrogen-bond donors (Lipinski definition) is 0. The van der Waals surface area contributed by atoms with Crippen LogP contribution in [-0.4, -0.2) is 20.4 Å². The zero-order valence-electron chi connectivity index (χ0n) is 4.27. The van der Waals surface area contributed by atoms with Gasteiger partial charge in [-0.3, -0.25) is 0 Å². The molecule has 0 aliphatic carbocycles. The highest BCUT2D eigenvalue weighted by Crippen LogP contribution is 2.09. The molecule has 2 aromatic heterocycles. The summed E-state index contributed by atoms with van der Waals surface area (Å²) in [6.45, 7) is 0. The largest absolute Gasteiger partial charge is 0.230 e. The number of aromatic nitrogens is 4. The van der Waals surface area contributed by atoms with Crippen LogP contribution in [0.25, 0.3) is 10.3 Å². The quantitative estimate of drug-likeness (QED) is 0.523. The lowest BCUT2D eigenvalue weighted by atomic mass is 10.6. The summed E-state index contributed by atoms with van der Waals surface area (Å²) in [6.07, 6.45) is 1.56. The van der Waals surface area contributed by atoms with Crippen molar-refractivity contribution in [2.75, 3.05) is 0 Å². The molecule has 2 rings (SSSR count). The van der Waals surface area contributed by atoms with Crippen LogP contribution in [0, 0.1) is 5.51 Å². The molecular formula is C4HN4S. The molecule has 0 bridgehead atoms. The van der Waals surface area contributed by atoms with E-state index in [-0.39, 0.29) is 0 Å². The van der Waals surface area contributed by atoms with Crippen LogP contribution in [0.3, 0.4) is 0 Å². The predicted octanol–water partition coefficient (Wildman–Crippen LogP) is 0.281. The number of hydrogen-bond acceptors (Lipinski definition) is 5. The Hall–Kier alpha value is -1.10. The van der Waals surface area contributed by atoms with Crippen molar-refractivity contribution in [3.05, 3.63) is 11.7 Å². The van der Waals surface area contributed by atoms with Crippen LogP contribution in [0.2, 0.25) is 0 Å². The van der Waals surface area contributed by atoms with Gasteiger partial charge in [0.15, 0.2) is 10.3 Å². The summed E-state index contributed by atoms with van der Waals surface area (Å²) in [5.41, 5.74) is 3.45. The van der Waals surface area contributed by atoms with E-state index in [0.717, 1.165) is 10.3 Å². The Morgan fingerprint density at radius 2 is 2.56 bits per heavy atom. The first-order valence-corrected chi connectivity index (χ1v) is 3.09. The van der Waals surface area contributed by atoms with Crippen molar-refractivity contribution in [3.8, 4) is 0 Å². The van der Waals surface area contributed by atoms with E-state index < -0.39 is 0 Å². The molecule has 5 heteroatoms. The highest BCUT2D eigenvalue weighted by molar-refractivity contribution is 7.15. The van der Waals surface area contributed by atoms with Crippen molar-refractivity contribution >= 4 is 21.7 Å². The molecule has 0 spiro atoms. The monoisotopic (exact) mass is 137 g/mol. The van der Waals surface area contributed by atoms with Crippen LogP contribution in [0.1, 0.15) is 0 Å². The molecule has 0 atom stereocenters. The number of nitrogens with zero attached hydrogens (tertiary/aromatic N) is 4. The van der Waals surface area contributed by atoms with Gasteiger partial charge >= 0.3 is 0 Å². The molecule has 43 valence electrons. The van der Waals surface area contributed by atoms with Gasteiger partial charge in [0.25, 0.3) is 0 Å². The summed E-state index contributed by atoms with van der Waals surface area (Å²) in [6, 6.07) is 0. The molecule has 0 fully saturated rings. The standard InChI is InChI=1S/C4HN4S/c1-3-4(7-8-6-1)9-2-5-3/h1H. The molecule has 0 amide bonds. The van der Waals surface area contributed by atoms with Crippen LogP contribution in [0.4, 0.5) is 0 Å². The third-order valence-electron chi connectivity index (χ3n) is 0.895. The minimum atomic E-state index is 0.759. The molecule has 0 unspecified atom stereocenters. The van der Waals surface area contributed by atoms with Crippen LogP contribution in [0.5, 0.6) is 0 Å². The fourth-order valence-electron chi connectivity index (χ4n) is 0.518. The lowest BCUT2D eigenvalue weighted by Gasteiger charge is -1.77. The maximum atomic E-state index is 3.85. The Balaban J connectivity index is 2.95. The van der Waals surface area contributed by atoms with Crippen molar-refractivity contribution in [1.29, 1.82) is 0 Å². The fraction of sp³-hybridized carbons (Fsp3) is 0. The molecule has 0 aliphatic heterocycles. The van der Waals surface area contributed by atoms with E-state index >= 15 is 0 Å². The van der Waals surface area contributed by atoms with Gasteiger partial charge in [0.1, 0.15) is 5.52 Å². The molecule has 0 saturated carbocycles. The molecule has 0 aliphatic rings. The Bertz CT molecular complexity index is 287. The molecule has 4 nitrogen and oxygen atoms in total. The van der Waals surface area contributed by atoms with E-state index in [0.29, 0.717) is 0 Å². The molecular weight excluding hydrogens is 136 g/mol. The van der Waals surface area contributed by atoms with E-state index in [1.165, 1.54) is 11.3 Å². The van der Waals surface area contributed by atoms with E-state index in [1.54, 1.807) is 6.20 Å². The van der Waals surface area contributed by atoms with Crippen molar-refractivity contribution in [2.24, 2.45) is 0 Å². The van der Waals surface area contributed by atoms with Crippen molar-refractivity contribution in [3.63, 3.8) is 0 Å². The van der Waals surface area contributed by atoms with Gasteiger partial charge in [-0.05, 0) is 5.21 Å². The second-order valence-corrected chi connectivity index (χ2v) is 2.20. The molecule has 9 heavy (non-hydrogen) atoms. The fourth-order valence-corrected chi connectivity index (χ4v) is 1.03. The molecule has 2 aromatic rings. The first-order valence-electron chi connectivity index (χ1n) is 2.28. The maximum absolute atomic E-state index is 3.85. The lowest BCUT2D eigenvalue weighted by Crippen LogP contribution is -1.82. The normalized spacial score (nSPS) is 10.2. The topological polar surface area (TPSA) is 51.6 Å². The van der Waals surface area contributed by atoms with Gasteiger partial charge in [-0.25, -0.2) is 4.98 Å². The van der Waals surface area contributed by atoms with Gasteiger partial charge < -0.3 is 0 Å². The van der Waals surface area contributed by atoms with Gasteiger partial charge in [-0.15, -0.1) is 10.2 Å². The van der Waals surface area contributed by atoms with Gasteiger partial charge in [0, 0.05) is 0 Å². The third kappa shape index (κ3) is 0.655. The zero-order chi connectivity index (χ0) is 6.10. The SMILES string of the molecule is [c]1nc2cnnnc2s1. The third-order valence-corrected chi connectivity index (χ3v) is 1.56. The Morgan fingerprint density at radius 1 is 1.56 bits per heavy atom. The summed E-state index contributed by atoms with van der Waals surface area (Å²) < 4.78 is 0. The van der Waals surface area contributed by atoms with Gasteiger partial charge in [0.05, 0.1) is 6.20 Å². The van der Waals surface area contributed by atoms with E-state index in [9.17, 15) is 0 Å². The van der Waals surface area contributed by atoms with Crippen molar-refractivity contribution in [1.82, 2.24) is 20.4 Å². The van der Waals surface area contributed by atoms with Crippen molar-refractivity contribution in [2.45, 2.75) is 0 Å². The average molecular weight is 137 g/mol. The first-order chi connectivity index (χ1) is 4.47. The molecule has 0 N–H and O–H groups in total. The minimum Gasteiger partial charge on any atom is -0.230 e. The summed E-state index contributed by atoms with van der Waals surface area (Å²) in [5.74, 6) is 0. The van der Waals surface area contributed by atoms with E-state index in [4.69, 9.17) is 0 Å².